The third-order valence-corrected chi connectivity index (χ3v) is 4.82. The van der Waals surface area contributed by atoms with E-state index in [2.05, 4.69) is 0 Å². The fourth-order valence-corrected chi connectivity index (χ4v) is 3.66. The first-order valence-electron chi connectivity index (χ1n) is 9.41. The zero-order valence-corrected chi connectivity index (χ0v) is 15.9. The van der Waals surface area contributed by atoms with Gasteiger partial charge in [-0.2, -0.15) is 0 Å². The van der Waals surface area contributed by atoms with Gasteiger partial charge in [0.05, 0.1) is 13.2 Å². The van der Waals surface area contributed by atoms with Gasteiger partial charge in [-0.3, -0.25) is 0 Å². The minimum atomic E-state index is 0.00894. The van der Waals surface area contributed by atoms with Gasteiger partial charge in [0.15, 0.2) is 23.0 Å². The Hall–Kier alpha value is -3.40. The lowest BCUT2D eigenvalue weighted by Gasteiger charge is -2.18. The van der Waals surface area contributed by atoms with Gasteiger partial charge in [-0.1, -0.05) is 48.5 Å². The first-order valence-corrected chi connectivity index (χ1v) is 9.41. The summed E-state index contributed by atoms with van der Waals surface area (Å²) >= 11 is 0. The lowest BCUT2D eigenvalue weighted by Crippen LogP contribution is -1.97. The van der Waals surface area contributed by atoms with E-state index in [0.717, 1.165) is 21.5 Å². The Balaban J connectivity index is 2.17. The van der Waals surface area contributed by atoms with Gasteiger partial charge in [0.25, 0.3) is 0 Å². The van der Waals surface area contributed by atoms with Crippen LogP contribution in [0.2, 0.25) is 0 Å². The van der Waals surface area contributed by atoms with Crippen LogP contribution in [0.1, 0.15) is 13.8 Å². The Morgan fingerprint density at radius 1 is 0.643 bits per heavy atom. The first-order chi connectivity index (χ1) is 13.7. The van der Waals surface area contributed by atoms with Crippen molar-refractivity contribution in [3.05, 3.63) is 60.7 Å². The lowest BCUT2D eigenvalue weighted by atomic mass is 9.91. The first kappa shape index (κ1) is 18.0. The maximum absolute atomic E-state index is 11.1. The molecule has 0 bridgehead atoms. The Morgan fingerprint density at radius 2 is 1.04 bits per heavy atom. The van der Waals surface area contributed by atoms with Crippen LogP contribution in [0.4, 0.5) is 0 Å². The van der Waals surface area contributed by atoms with Crippen LogP contribution in [-0.2, 0) is 0 Å². The summed E-state index contributed by atoms with van der Waals surface area (Å²) in [5.41, 5.74) is 1.08. The molecule has 0 amide bonds. The molecule has 0 aromatic heterocycles. The number of fused-ring (bicyclic) bond motifs is 2. The zero-order valence-electron chi connectivity index (χ0n) is 15.9. The van der Waals surface area contributed by atoms with E-state index < -0.39 is 0 Å². The molecule has 4 aromatic carbocycles. The van der Waals surface area contributed by atoms with Gasteiger partial charge in [-0.15, -0.1) is 0 Å². The van der Waals surface area contributed by atoms with Gasteiger partial charge in [0.1, 0.15) is 0 Å². The number of phenols is 2. The molecule has 0 atom stereocenters. The monoisotopic (exact) mass is 374 g/mol. The van der Waals surface area contributed by atoms with Gasteiger partial charge >= 0.3 is 0 Å². The number of ether oxygens (including phenoxy) is 2. The Morgan fingerprint density at radius 3 is 1.43 bits per heavy atom. The highest BCUT2D eigenvalue weighted by atomic mass is 16.5. The second kappa shape index (κ2) is 7.31. The minimum absolute atomic E-state index is 0.00894. The third kappa shape index (κ3) is 2.87. The summed E-state index contributed by atoms with van der Waals surface area (Å²) in [6.07, 6.45) is 0. The van der Waals surface area contributed by atoms with Crippen molar-refractivity contribution in [3.63, 3.8) is 0 Å². The molecular weight excluding hydrogens is 352 g/mol. The second-order valence-corrected chi connectivity index (χ2v) is 6.50. The lowest BCUT2D eigenvalue weighted by molar-refractivity contribution is 0.317. The molecule has 0 saturated carbocycles. The van der Waals surface area contributed by atoms with Crippen LogP contribution in [0, 0.1) is 0 Å². The molecule has 4 nitrogen and oxygen atoms in total. The summed E-state index contributed by atoms with van der Waals surface area (Å²) < 4.78 is 11.3. The summed E-state index contributed by atoms with van der Waals surface area (Å²) in [4.78, 5) is 0. The Labute approximate surface area is 163 Å². The van der Waals surface area contributed by atoms with E-state index in [1.807, 2.05) is 74.5 Å². The highest BCUT2D eigenvalue weighted by Crippen LogP contribution is 2.51. The molecule has 0 saturated heterocycles. The normalized spacial score (nSPS) is 11.1. The molecule has 0 aliphatic heterocycles. The molecule has 4 rings (SSSR count). The average molecular weight is 374 g/mol. The molecular formula is C24H22O4. The van der Waals surface area contributed by atoms with Crippen LogP contribution in [-0.4, -0.2) is 23.4 Å². The van der Waals surface area contributed by atoms with E-state index in [4.69, 9.17) is 9.47 Å². The second-order valence-electron chi connectivity index (χ2n) is 6.50. The van der Waals surface area contributed by atoms with Crippen LogP contribution in [0.15, 0.2) is 60.7 Å². The standard InChI is InChI=1S/C24H22O4/c1-3-27-19-13-15-9-5-7-11-17(15)21(23(19)25)22-18-12-8-6-10-16(18)14-20(24(22)26)28-4-2/h5-14,25-26H,3-4H2,1-2H3. The van der Waals surface area contributed by atoms with E-state index in [1.165, 1.54) is 0 Å². The van der Waals surface area contributed by atoms with Crippen LogP contribution < -0.4 is 9.47 Å². The van der Waals surface area contributed by atoms with Crippen LogP contribution in [0.5, 0.6) is 23.0 Å². The summed E-state index contributed by atoms with van der Waals surface area (Å²) in [6.45, 7) is 4.60. The molecule has 142 valence electrons. The van der Waals surface area contributed by atoms with Gasteiger partial charge in [0, 0.05) is 11.1 Å². The summed E-state index contributed by atoms with van der Waals surface area (Å²) in [7, 11) is 0. The van der Waals surface area contributed by atoms with E-state index in [0.29, 0.717) is 35.8 Å². The largest absolute Gasteiger partial charge is 0.504 e. The maximum Gasteiger partial charge on any atom is 0.166 e. The maximum atomic E-state index is 11.1. The average Bonchev–Trinajstić information content (AvgIpc) is 2.71. The van der Waals surface area contributed by atoms with E-state index in [9.17, 15) is 10.2 Å². The molecule has 28 heavy (non-hydrogen) atoms. The van der Waals surface area contributed by atoms with E-state index in [1.54, 1.807) is 0 Å². The highest BCUT2D eigenvalue weighted by molar-refractivity contribution is 6.11. The van der Waals surface area contributed by atoms with Crippen molar-refractivity contribution in [2.45, 2.75) is 13.8 Å². The molecule has 2 N–H and O–H groups in total. The summed E-state index contributed by atoms with van der Waals surface area (Å²) in [5, 5.41) is 25.7. The van der Waals surface area contributed by atoms with Crippen LogP contribution in [0.3, 0.4) is 0 Å². The minimum Gasteiger partial charge on any atom is -0.504 e. The topological polar surface area (TPSA) is 58.9 Å². The predicted molar refractivity (Wildman–Crippen MR) is 113 cm³/mol. The molecule has 0 aliphatic rings. The molecule has 0 heterocycles. The highest BCUT2D eigenvalue weighted by Gasteiger charge is 2.22. The molecule has 4 aromatic rings. The number of rotatable bonds is 5. The van der Waals surface area contributed by atoms with Crippen molar-refractivity contribution in [3.8, 4) is 34.1 Å². The molecule has 0 fully saturated rings. The van der Waals surface area contributed by atoms with Gasteiger partial charge in [0.2, 0.25) is 0 Å². The SMILES string of the molecule is CCOc1cc2ccccc2c(-c2c(O)c(OCC)cc3ccccc23)c1O. The number of aromatic hydroxyl groups is 2. The van der Waals surface area contributed by atoms with Crippen molar-refractivity contribution in [1.82, 2.24) is 0 Å². The predicted octanol–water partition coefficient (Wildman–Crippen LogP) is 5.87. The van der Waals surface area contributed by atoms with Crippen LogP contribution in [0.25, 0.3) is 32.7 Å². The van der Waals surface area contributed by atoms with Crippen LogP contribution >= 0.6 is 0 Å². The van der Waals surface area contributed by atoms with E-state index in [-0.39, 0.29) is 11.5 Å². The molecule has 0 unspecified atom stereocenters. The smallest absolute Gasteiger partial charge is 0.166 e. The Bertz CT molecular complexity index is 1070. The number of hydrogen-bond donors (Lipinski definition) is 2. The summed E-state index contributed by atoms with van der Waals surface area (Å²) in [6, 6.07) is 19.1. The molecule has 0 spiro atoms. The third-order valence-electron chi connectivity index (χ3n) is 4.82. The quantitative estimate of drug-likeness (QED) is 0.459. The molecule has 4 heteroatoms. The molecule has 0 radical (unpaired) electrons. The van der Waals surface area contributed by atoms with Gasteiger partial charge in [-0.05, 0) is 47.5 Å². The van der Waals surface area contributed by atoms with Gasteiger partial charge < -0.3 is 19.7 Å². The molecule has 0 aliphatic carbocycles. The summed E-state index contributed by atoms with van der Waals surface area (Å²) in [5.74, 6) is 0.798. The fourth-order valence-electron chi connectivity index (χ4n) is 3.66. The van der Waals surface area contributed by atoms with Crippen molar-refractivity contribution >= 4 is 21.5 Å². The van der Waals surface area contributed by atoms with Crippen molar-refractivity contribution < 1.29 is 19.7 Å². The van der Waals surface area contributed by atoms with Gasteiger partial charge in [-0.25, -0.2) is 0 Å². The fraction of sp³-hybridized carbons (Fsp3) is 0.167. The van der Waals surface area contributed by atoms with Crippen molar-refractivity contribution in [2.75, 3.05) is 13.2 Å². The van der Waals surface area contributed by atoms with Crippen molar-refractivity contribution in [1.29, 1.82) is 0 Å². The Kier molecular flexibility index (Phi) is 4.70. The zero-order chi connectivity index (χ0) is 19.7. The number of hydrogen-bond acceptors (Lipinski definition) is 4. The number of phenolic OH excluding ortho intramolecular Hbond substituents is 2. The van der Waals surface area contributed by atoms with Crippen molar-refractivity contribution in [2.24, 2.45) is 0 Å². The number of benzene rings is 4. The van der Waals surface area contributed by atoms with E-state index >= 15 is 0 Å².